The number of nitrogens with one attached hydrogen (secondary N) is 2. The van der Waals surface area contributed by atoms with E-state index >= 15 is 0 Å². The molecule has 0 spiro atoms. The highest BCUT2D eigenvalue weighted by molar-refractivity contribution is 5.83. The Morgan fingerprint density at radius 3 is 2.84 bits per heavy atom. The highest BCUT2D eigenvalue weighted by atomic mass is 19.1. The summed E-state index contributed by atoms with van der Waals surface area (Å²) in [5.74, 6) is 0.569. The predicted octanol–water partition coefficient (Wildman–Crippen LogP) is 1.37. The summed E-state index contributed by atoms with van der Waals surface area (Å²) in [5, 5.41) is 10.5. The molecule has 0 radical (unpaired) electrons. The van der Waals surface area contributed by atoms with Crippen molar-refractivity contribution in [2.24, 2.45) is 0 Å². The van der Waals surface area contributed by atoms with Crippen molar-refractivity contribution in [2.75, 3.05) is 0 Å². The van der Waals surface area contributed by atoms with Crippen LogP contribution in [-0.2, 0) is 11.3 Å². The minimum Gasteiger partial charge on any atom is -0.352 e. The molecule has 2 N–H and O–H groups in total. The molecule has 1 aliphatic rings. The van der Waals surface area contributed by atoms with E-state index in [0.717, 1.165) is 12.8 Å². The Balaban J connectivity index is 1.52. The van der Waals surface area contributed by atoms with E-state index in [4.69, 9.17) is 0 Å². The zero-order valence-corrected chi connectivity index (χ0v) is 13.4. The van der Waals surface area contributed by atoms with Gasteiger partial charge in [-0.1, -0.05) is 12.1 Å². The molecule has 1 amide bonds. The summed E-state index contributed by atoms with van der Waals surface area (Å²) in [4.78, 5) is 21.0. The van der Waals surface area contributed by atoms with Gasteiger partial charge in [0.2, 0.25) is 5.91 Å². The van der Waals surface area contributed by atoms with Crippen molar-refractivity contribution in [2.45, 2.75) is 31.5 Å². The van der Waals surface area contributed by atoms with E-state index in [1.54, 1.807) is 35.1 Å². The molecule has 7 nitrogen and oxygen atoms in total. The monoisotopic (exact) mass is 340 g/mol. The van der Waals surface area contributed by atoms with Gasteiger partial charge in [0.05, 0.1) is 6.54 Å². The lowest BCUT2D eigenvalue weighted by molar-refractivity contribution is -0.123. The van der Waals surface area contributed by atoms with Crippen molar-refractivity contribution >= 4 is 11.7 Å². The van der Waals surface area contributed by atoms with Gasteiger partial charge in [0, 0.05) is 18.4 Å². The molecule has 1 atom stereocenters. The molecule has 1 fully saturated rings. The quantitative estimate of drug-likeness (QED) is 0.708. The molecule has 0 bridgehead atoms. The normalized spacial score (nSPS) is 15.2. The minimum atomic E-state index is -0.597. The maximum Gasteiger partial charge on any atom is 0.252 e. The van der Waals surface area contributed by atoms with Gasteiger partial charge >= 0.3 is 0 Å². The van der Waals surface area contributed by atoms with E-state index in [2.05, 4.69) is 25.7 Å². The summed E-state index contributed by atoms with van der Waals surface area (Å²) in [6.07, 6.45) is 5.41. The molecule has 8 heteroatoms. The molecule has 2 heterocycles. The second-order valence-corrected chi connectivity index (χ2v) is 6.04. The third-order valence-corrected chi connectivity index (χ3v) is 4.01. The van der Waals surface area contributed by atoms with E-state index in [1.807, 2.05) is 0 Å². The Bertz CT molecular complexity index is 857. The average Bonchev–Trinajstić information content (AvgIpc) is 3.32. The SMILES string of the molecule is O=C(NC1CC1)C(NCc1nc2ncccn2n1)c1ccc(F)cc1. The van der Waals surface area contributed by atoms with Gasteiger partial charge in [0.15, 0.2) is 5.82 Å². The maximum absolute atomic E-state index is 13.2. The topological polar surface area (TPSA) is 84.2 Å². The highest BCUT2D eigenvalue weighted by Gasteiger charge is 2.28. The van der Waals surface area contributed by atoms with Gasteiger partial charge in [0.25, 0.3) is 5.78 Å². The Labute approximate surface area is 143 Å². The first-order chi connectivity index (χ1) is 12.2. The molecule has 0 saturated heterocycles. The molecule has 2 aromatic heterocycles. The van der Waals surface area contributed by atoms with Crippen molar-refractivity contribution < 1.29 is 9.18 Å². The Morgan fingerprint density at radius 2 is 2.12 bits per heavy atom. The number of hydrogen-bond acceptors (Lipinski definition) is 5. The van der Waals surface area contributed by atoms with Gasteiger partial charge in [-0.3, -0.25) is 10.1 Å². The number of fused-ring (bicyclic) bond motifs is 1. The van der Waals surface area contributed by atoms with Crippen molar-refractivity contribution in [3.8, 4) is 0 Å². The summed E-state index contributed by atoms with van der Waals surface area (Å²) >= 11 is 0. The number of nitrogens with zero attached hydrogens (tertiary/aromatic N) is 4. The fraction of sp³-hybridized carbons (Fsp3) is 0.294. The van der Waals surface area contributed by atoms with Crippen LogP contribution in [0.15, 0.2) is 42.7 Å². The van der Waals surface area contributed by atoms with Crippen molar-refractivity contribution in [1.29, 1.82) is 0 Å². The van der Waals surface area contributed by atoms with Crippen molar-refractivity contribution in [1.82, 2.24) is 30.2 Å². The summed E-state index contributed by atoms with van der Waals surface area (Å²) in [7, 11) is 0. The zero-order chi connectivity index (χ0) is 17.2. The van der Waals surface area contributed by atoms with Crippen LogP contribution in [0.1, 0.15) is 30.3 Å². The second-order valence-electron chi connectivity index (χ2n) is 6.04. The molecule has 1 aliphatic carbocycles. The highest BCUT2D eigenvalue weighted by Crippen LogP contribution is 2.21. The molecule has 128 valence electrons. The van der Waals surface area contributed by atoms with Crippen molar-refractivity contribution in [3.63, 3.8) is 0 Å². The van der Waals surface area contributed by atoms with Gasteiger partial charge in [-0.15, -0.1) is 5.10 Å². The van der Waals surface area contributed by atoms with Crippen LogP contribution < -0.4 is 10.6 Å². The molecule has 1 aromatic carbocycles. The van der Waals surface area contributed by atoms with Crippen LogP contribution in [-0.4, -0.2) is 31.5 Å². The first kappa shape index (κ1) is 15.6. The van der Waals surface area contributed by atoms with Crippen LogP contribution in [0.5, 0.6) is 0 Å². The van der Waals surface area contributed by atoms with Crippen LogP contribution in [0.4, 0.5) is 4.39 Å². The van der Waals surface area contributed by atoms with Gasteiger partial charge in [-0.05, 0) is 36.6 Å². The first-order valence-electron chi connectivity index (χ1n) is 8.14. The molecule has 4 rings (SSSR count). The van der Waals surface area contributed by atoms with E-state index in [-0.39, 0.29) is 17.8 Å². The van der Waals surface area contributed by atoms with Crippen LogP contribution in [0, 0.1) is 5.82 Å². The smallest absolute Gasteiger partial charge is 0.252 e. The van der Waals surface area contributed by atoms with Gasteiger partial charge in [-0.2, -0.15) is 4.98 Å². The zero-order valence-electron chi connectivity index (χ0n) is 13.4. The number of benzene rings is 1. The lowest BCUT2D eigenvalue weighted by Gasteiger charge is -2.18. The largest absolute Gasteiger partial charge is 0.352 e. The van der Waals surface area contributed by atoms with E-state index in [1.165, 1.54) is 12.1 Å². The van der Waals surface area contributed by atoms with Crippen LogP contribution >= 0.6 is 0 Å². The lowest BCUT2D eigenvalue weighted by atomic mass is 10.1. The number of carbonyl (C=O) groups is 1. The Morgan fingerprint density at radius 1 is 1.32 bits per heavy atom. The lowest BCUT2D eigenvalue weighted by Crippen LogP contribution is -2.38. The molecular weight excluding hydrogens is 323 g/mol. The van der Waals surface area contributed by atoms with E-state index in [9.17, 15) is 9.18 Å². The van der Waals surface area contributed by atoms with Gasteiger partial charge in [0.1, 0.15) is 11.9 Å². The van der Waals surface area contributed by atoms with Crippen LogP contribution in [0.2, 0.25) is 0 Å². The maximum atomic E-state index is 13.2. The van der Waals surface area contributed by atoms with E-state index in [0.29, 0.717) is 23.7 Å². The summed E-state index contributed by atoms with van der Waals surface area (Å²) in [6, 6.07) is 7.33. The number of hydrogen-bond donors (Lipinski definition) is 2. The summed E-state index contributed by atoms with van der Waals surface area (Å²) in [6.45, 7) is 0.295. The number of amides is 1. The number of carbonyl (C=O) groups excluding carboxylic acids is 1. The fourth-order valence-corrected chi connectivity index (χ4v) is 2.57. The average molecular weight is 340 g/mol. The van der Waals surface area contributed by atoms with Crippen LogP contribution in [0.3, 0.4) is 0 Å². The second kappa shape index (κ2) is 6.56. The predicted molar refractivity (Wildman–Crippen MR) is 87.9 cm³/mol. The molecule has 25 heavy (non-hydrogen) atoms. The summed E-state index contributed by atoms with van der Waals surface area (Å²) < 4.78 is 14.8. The molecular formula is C17H17FN6O. The molecule has 1 unspecified atom stereocenters. The Hall–Kier alpha value is -2.87. The fourth-order valence-electron chi connectivity index (χ4n) is 2.57. The Kier molecular flexibility index (Phi) is 4.10. The minimum absolute atomic E-state index is 0.129. The number of rotatable bonds is 6. The molecule has 0 aliphatic heterocycles. The third kappa shape index (κ3) is 3.63. The molecule has 3 aromatic rings. The van der Waals surface area contributed by atoms with Gasteiger partial charge in [-0.25, -0.2) is 13.9 Å². The van der Waals surface area contributed by atoms with Gasteiger partial charge < -0.3 is 5.32 Å². The number of aromatic nitrogens is 4. The number of halogens is 1. The van der Waals surface area contributed by atoms with Crippen LogP contribution in [0.25, 0.3) is 5.78 Å². The van der Waals surface area contributed by atoms with Crippen molar-refractivity contribution in [3.05, 3.63) is 59.9 Å². The summed E-state index contributed by atoms with van der Waals surface area (Å²) in [5.41, 5.74) is 0.696. The standard InChI is InChI=1S/C17H17FN6O/c18-12-4-2-11(3-5-12)15(16(25)21-13-6-7-13)20-10-14-22-17-19-8-1-9-24(17)23-14/h1-5,8-9,13,15,20H,6-7,10H2,(H,21,25). The third-order valence-electron chi connectivity index (χ3n) is 4.01. The van der Waals surface area contributed by atoms with E-state index < -0.39 is 6.04 Å². The first-order valence-corrected chi connectivity index (χ1v) is 8.14. The molecule has 1 saturated carbocycles.